The molecule has 7 heteroatoms. The number of rotatable bonds is 7. The molecule has 1 fully saturated rings. The first-order valence-electron chi connectivity index (χ1n) is 8.34. The lowest BCUT2D eigenvalue weighted by Crippen LogP contribution is -2.39. The van der Waals surface area contributed by atoms with Crippen molar-refractivity contribution in [1.82, 2.24) is 14.5 Å². The smallest absolute Gasteiger partial charge is 0.140 e. The number of nitrogens with one attached hydrogen (secondary N) is 1. The van der Waals surface area contributed by atoms with Gasteiger partial charge in [0.05, 0.1) is 19.2 Å². The fourth-order valence-electron chi connectivity index (χ4n) is 2.97. The van der Waals surface area contributed by atoms with Crippen molar-refractivity contribution >= 4 is 24.9 Å². The van der Waals surface area contributed by atoms with Gasteiger partial charge in [0.1, 0.15) is 5.82 Å². The van der Waals surface area contributed by atoms with Crippen LogP contribution in [0.25, 0.3) is 0 Å². The summed E-state index contributed by atoms with van der Waals surface area (Å²) in [7, 11) is 1.88. The van der Waals surface area contributed by atoms with Gasteiger partial charge in [-0.05, 0) is 37.5 Å². The van der Waals surface area contributed by atoms with Crippen LogP contribution in [-0.2, 0) is 0 Å². The Hall–Kier alpha value is -1.88. The number of nitrogens with zero attached hydrogens (tertiary/aromatic N) is 5. The molecule has 2 aliphatic rings. The topological polar surface area (TPSA) is 67.0 Å². The molecule has 2 heterocycles. The highest BCUT2D eigenvalue weighted by Crippen LogP contribution is 2.28. The lowest BCUT2D eigenvalue weighted by Gasteiger charge is -2.30. The second-order valence-electron chi connectivity index (χ2n) is 6.01. The van der Waals surface area contributed by atoms with Gasteiger partial charge in [-0.3, -0.25) is 14.6 Å². The first-order chi connectivity index (χ1) is 12.1. The fraction of sp³-hybridized carbons (Fsp3) is 0.500. The molecule has 0 saturated carbocycles. The number of piperidine rings is 1. The van der Waals surface area contributed by atoms with E-state index in [0.29, 0.717) is 25.0 Å². The van der Waals surface area contributed by atoms with E-state index in [-0.39, 0.29) is 0 Å². The molecule has 0 amide bonds. The van der Waals surface area contributed by atoms with Crippen LogP contribution in [0.1, 0.15) is 19.3 Å². The summed E-state index contributed by atoms with van der Waals surface area (Å²) in [5.74, 6) is 0.712. The average molecular weight is 359 g/mol. The highest BCUT2D eigenvalue weighted by molar-refractivity contribution is 7.96. The number of likely N-dealkylation sites (N-methyl/N-ethyl adjacent to an activating group) is 1. The summed E-state index contributed by atoms with van der Waals surface area (Å²) in [4.78, 5) is 10.4. The summed E-state index contributed by atoms with van der Waals surface area (Å²) in [6.07, 6.45) is 8.46. The van der Waals surface area contributed by atoms with E-state index in [4.69, 9.17) is 5.26 Å². The second kappa shape index (κ2) is 9.56. The minimum absolute atomic E-state index is 0.317. The molecule has 0 bridgehead atoms. The zero-order chi connectivity index (χ0) is 18.2. The summed E-state index contributed by atoms with van der Waals surface area (Å²) < 4.78 is 2.39. The van der Waals surface area contributed by atoms with Gasteiger partial charge in [0, 0.05) is 43.7 Å². The van der Waals surface area contributed by atoms with E-state index in [1.54, 1.807) is 6.21 Å². The van der Waals surface area contributed by atoms with Gasteiger partial charge in [0.25, 0.3) is 0 Å². The van der Waals surface area contributed by atoms with Crippen molar-refractivity contribution < 1.29 is 0 Å². The van der Waals surface area contributed by atoms with Crippen molar-refractivity contribution in [3.8, 4) is 6.07 Å². The SMILES string of the molecule is C=NC1=C(/C=N\CNC2CCN(SC)CC2)C=C(CC#N)C(=C)N1C. The lowest BCUT2D eigenvalue weighted by atomic mass is 10.0. The van der Waals surface area contributed by atoms with Gasteiger partial charge in [-0.2, -0.15) is 5.26 Å². The van der Waals surface area contributed by atoms with Gasteiger partial charge in [0.15, 0.2) is 0 Å². The van der Waals surface area contributed by atoms with Crippen LogP contribution in [0.15, 0.2) is 45.3 Å². The van der Waals surface area contributed by atoms with E-state index in [2.05, 4.69) is 45.2 Å². The Bertz CT molecular complexity index is 634. The maximum Gasteiger partial charge on any atom is 0.140 e. The van der Waals surface area contributed by atoms with Crippen LogP contribution < -0.4 is 5.32 Å². The van der Waals surface area contributed by atoms with Gasteiger partial charge >= 0.3 is 0 Å². The van der Waals surface area contributed by atoms with Crippen molar-refractivity contribution in [2.45, 2.75) is 25.3 Å². The second-order valence-corrected chi connectivity index (χ2v) is 6.89. The summed E-state index contributed by atoms with van der Waals surface area (Å²) in [6.45, 7) is 10.5. The monoisotopic (exact) mass is 358 g/mol. The zero-order valence-electron chi connectivity index (χ0n) is 15.0. The van der Waals surface area contributed by atoms with Crippen LogP contribution in [0.5, 0.6) is 0 Å². The largest absolute Gasteiger partial charge is 0.329 e. The quantitative estimate of drug-likeness (QED) is 0.560. The summed E-state index contributed by atoms with van der Waals surface area (Å²) in [5, 5.41) is 12.5. The van der Waals surface area contributed by atoms with E-state index in [1.807, 2.05) is 30.0 Å². The van der Waals surface area contributed by atoms with Gasteiger partial charge in [-0.15, -0.1) is 0 Å². The molecule has 0 aromatic carbocycles. The predicted octanol–water partition coefficient (Wildman–Crippen LogP) is 2.56. The number of nitriles is 1. The summed E-state index contributed by atoms with van der Waals surface area (Å²) in [5.41, 5.74) is 2.52. The standard InChI is InChI=1S/C18H26N6S/c1-14-15(5-8-19)11-16(18(20-2)23(14)3)12-21-13-22-17-6-9-24(25-4)10-7-17/h11-12,17,22H,1-2,5-7,9-10,13H2,3-4H3/b21-12-. The predicted molar refractivity (Wildman–Crippen MR) is 106 cm³/mol. The number of hydrogen-bond donors (Lipinski definition) is 1. The molecular formula is C18H26N6S. The fourth-order valence-corrected chi connectivity index (χ4v) is 3.55. The Morgan fingerprint density at radius 1 is 1.48 bits per heavy atom. The van der Waals surface area contributed by atoms with Gasteiger partial charge < -0.3 is 4.90 Å². The van der Waals surface area contributed by atoms with Crippen LogP contribution in [0, 0.1) is 11.3 Å². The molecule has 6 nitrogen and oxygen atoms in total. The minimum atomic E-state index is 0.317. The van der Waals surface area contributed by atoms with Crippen molar-refractivity contribution in [1.29, 1.82) is 5.26 Å². The average Bonchev–Trinajstić information content (AvgIpc) is 2.63. The molecule has 0 spiro atoms. The molecule has 134 valence electrons. The molecule has 1 N–H and O–H groups in total. The molecule has 25 heavy (non-hydrogen) atoms. The van der Waals surface area contributed by atoms with Crippen LogP contribution >= 0.6 is 11.9 Å². The van der Waals surface area contributed by atoms with Gasteiger partial charge in [0.2, 0.25) is 0 Å². The molecular weight excluding hydrogens is 332 g/mol. The summed E-state index contributed by atoms with van der Waals surface area (Å²) in [6, 6.07) is 2.69. The van der Waals surface area contributed by atoms with E-state index in [0.717, 1.165) is 42.8 Å². The van der Waals surface area contributed by atoms with Gasteiger partial charge in [-0.25, -0.2) is 4.99 Å². The zero-order valence-corrected chi connectivity index (χ0v) is 15.8. The number of hydrogen-bond acceptors (Lipinski definition) is 7. The van der Waals surface area contributed by atoms with Gasteiger partial charge in [-0.1, -0.05) is 18.5 Å². The van der Waals surface area contributed by atoms with Crippen LogP contribution in [0.2, 0.25) is 0 Å². The first kappa shape index (κ1) is 19.4. The Morgan fingerprint density at radius 2 is 2.20 bits per heavy atom. The number of aliphatic imine (C=N–C) groups is 2. The van der Waals surface area contributed by atoms with Crippen LogP contribution in [0.3, 0.4) is 0 Å². The minimum Gasteiger partial charge on any atom is -0.329 e. The third-order valence-electron chi connectivity index (χ3n) is 4.51. The maximum atomic E-state index is 8.98. The van der Waals surface area contributed by atoms with E-state index >= 15 is 0 Å². The highest BCUT2D eigenvalue weighted by atomic mass is 32.2. The number of allylic oxidation sites excluding steroid dienone is 3. The Morgan fingerprint density at radius 3 is 2.80 bits per heavy atom. The molecule has 1 saturated heterocycles. The molecule has 0 radical (unpaired) electrons. The molecule has 0 aliphatic carbocycles. The van der Waals surface area contributed by atoms with Crippen molar-refractivity contribution in [2.24, 2.45) is 9.98 Å². The molecule has 0 aromatic heterocycles. The molecule has 0 atom stereocenters. The van der Waals surface area contributed by atoms with Crippen LogP contribution in [-0.4, -0.2) is 61.2 Å². The van der Waals surface area contributed by atoms with Crippen molar-refractivity contribution in [2.75, 3.05) is 33.1 Å². The summed E-state index contributed by atoms with van der Waals surface area (Å²) >= 11 is 1.81. The molecule has 2 rings (SSSR count). The Kier molecular flexibility index (Phi) is 7.44. The van der Waals surface area contributed by atoms with Crippen LogP contribution in [0.4, 0.5) is 0 Å². The Labute approximate surface area is 154 Å². The van der Waals surface area contributed by atoms with E-state index in [1.165, 1.54) is 0 Å². The Balaban J connectivity index is 1.96. The van der Waals surface area contributed by atoms with Crippen molar-refractivity contribution in [3.63, 3.8) is 0 Å². The van der Waals surface area contributed by atoms with Crippen molar-refractivity contribution in [3.05, 3.63) is 35.3 Å². The molecule has 0 aromatic rings. The normalized spacial score (nSPS) is 20.1. The third kappa shape index (κ3) is 5.05. The third-order valence-corrected chi connectivity index (χ3v) is 5.40. The highest BCUT2D eigenvalue weighted by Gasteiger charge is 2.20. The van der Waals surface area contributed by atoms with E-state index in [9.17, 15) is 0 Å². The molecule has 0 unspecified atom stereocenters. The first-order valence-corrected chi connectivity index (χ1v) is 9.52. The lowest BCUT2D eigenvalue weighted by molar-refractivity contribution is 0.311. The maximum absolute atomic E-state index is 8.98. The molecule has 2 aliphatic heterocycles. The van der Waals surface area contributed by atoms with E-state index < -0.39 is 0 Å².